The standard InChI is InChI=1S/C46H38O8/c1-27-9-7-11-31(13-27)41-17-29(19-43(53-41)33-21-35(49-3)25-36(22-33)50-4)15-39-45(47)40(46(39)48)16-30-18-42(32-12-8-10-28(2)14-32)54-44(20-30)34-23-37(51-5)26-38(24-34)52-6/h7-26H,1-6H3. The quantitative estimate of drug-likeness (QED) is 0.104. The summed E-state index contributed by atoms with van der Waals surface area (Å²) >= 11 is 0. The average molecular weight is 719 g/mol. The molecule has 1 aliphatic heterocycles. The van der Waals surface area contributed by atoms with Crippen molar-refractivity contribution in [2.45, 2.75) is 13.8 Å². The molecule has 0 saturated heterocycles. The number of benzene rings is 4. The van der Waals surface area contributed by atoms with E-state index in [0.29, 0.717) is 68.3 Å². The van der Waals surface area contributed by atoms with Crippen LogP contribution >= 0.6 is 0 Å². The van der Waals surface area contributed by atoms with Crippen molar-refractivity contribution in [2.75, 3.05) is 28.4 Å². The molecule has 270 valence electrons. The van der Waals surface area contributed by atoms with Crippen LogP contribution < -0.4 is 24.1 Å². The number of ether oxygens (including phenoxy) is 5. The molecule has 4 aromatic carbocycles. The van der Waals surface area contributed by atoms with Crippen molar-refractivity contribution in [3.05, 3.63) is 166 Å². The highest BCUT2D eigenvalue weighted by Gasteiger charge is 2.28. The Kier molecular flexibility index (Phi) is 9.92. The van der Waals surface area contributed by atoms with Gasteiger partial charge in [0.15, 0.2) is 5.78 Å². The number of aryl methyl sites for hydroxylation is 2. The van der Waals surface area contributed by atoms with Crippen molar-refractivity contribution in [3.63, 3.8) is 0 Å². The van der Waals surface area contributed by atoms with Gasteiger partial charge in [0.2, 0.25) is 0 Å². The highest BCUT2D eigenvalue weighted by Crippen LogP contribution is 2.39. The molecular weight excluding hydrogens is 680 g/mol. The van der Waals surface area contributed by atoms with E-state index >= 15 is 0 Å². The van der Waals surface area contributed by atoms with Crippen molar-refractivity contribution < 1.29 is 38.0 Å². The molecule has 1 aliphatic carbocycles. The molecular formula is C46H38O8. The lowest BCUT2D eigenvalue weighted by Gasteiger charge is -2.29. The van der Waals surface area contributed by atoms with E-state index in [-0.39, 0.29) is 22.7 Å². The van der Waals surface area contributed by atoms with Gasteiger partial charge in [0, 0.05) is 34.4 Å². The molecule has 0 spiro atoms. The highest BCUT2D eigenvalue weighted by molar-refractivity contribution is 6.23. The number of carbonyl (C=O) groups excluding carboxylic acids is 1. The first-order chi connectivity index (χ1) is 26.1. The average Bonchev–Trinajstić information content (AvgIpc) is 3.21. The molecule has 2 aliphatic rings. The summed E-state index contributed by atoms with van der Waals surface area (Å²) in [5.41, 5.74) is 6.63. The van der Waals surface area contributed by atoms with Crippen LogP contribution in [-0.2, 0) is 9.53 Å². The molecule has 0 atom stereocenters. The van der Waals surface area contributed by atoms with Crippen LogP contribution in [0.1, 0.15) is 27.8 Å². The molecule has 2 heterocycles. The molecule has 0 unspecified atom stereocenters. The largest absolute Gasteiger partial charge is 0.871 e. The maximum atomic E-state index is 13.8. The minimum atomic E-state index is -0.356. The number of allylic oxidation sites excluding steroid dienone is 6. The number of hydrogen-bond donors (Lipinski definition) is 0. The molecule has 7 rings (SSSR count). The van der Waals surface area contributed by atoms with Crippen LogP contribution in [0.2, 0.25) is 0 Å². The summed E-state index contributed by atoms with van der Waals surface area (Å²) in [6.07, 6.45) is 6.85. The first kappa shape index (κ1) is 35.6. The fourth-order valence-corrected chi connectivity index (χ4v) is 6.30. The van der Waals surface area contributed by atoms with Gasteiger partial charge in [0.1, 0.15) is 34.5 Å². The number of Topliss-reactive ketones (excluding diaryl/α,β-unsaturated/α-hetero) is 1. The van der Waals surface area contributed by atoms with Crippen LogP contribution in [0.25, 0.3) is 40.2 Å². The van der Waals surface area contributed by atoms with Crippen molar-refractivity contribution in [1.29, 1.82) is 0 Å². The summed E-state index contributed by atoms with van der Waals surface area (Å²) in [6.45, 7) is 4.01. The first-order valence-electron chi connectivity index (χ1n) is 17.2. The Morgan fingerprint density at radius 1 is 0.593 bits per heavy atom. The lowest BCUT2D eigenvalue weighted by molar-refractivity contribution is -0.300. The maximum absolute atomic E-state index is 13.8. The van der Waals surface area contributed by atoms with Gasteiger partial charge in [-0.1, -0.05) is 47.2 Å². The monoisotopic (exact) mass is 718 g/mol. The molecule has 0 bridgehead atoms. The number of hydrogen-bond acceptors (Lipinski definition) is 7. The fourth-order valence-electron chi connectivity index (χ4n) is 6.30. The Morgan fingerprint density at radius 2 is 1.09 bits per heavy atom. The molecule has 0 fully saturated rings. The Balaban J connectivity index is 1.31. The zero-order valence-corrected chi connectivity index (χ0v) is 30.8. The maximum Gasteiger partial charge on any atom is 0.361 e. The minimum absolute atomic E-state index is 0.0779. The molecule has 0 saturated carbocycles. The van der Waals surface area contributed by atoms with Gasteiger partial charge >= 0.3 is 11.5 Å². The third-order valence-electron chi connectivity index (χ3n) is 9.11. The smallest absolute Gasteiger partial charge is 0.361 e. The van der Waals surface area contributed by atoms with Crippen molar-refractivity contribution >= 4 is 23.4 Å². The lowest BCUT2D eigenvalue weighted by atomic mass is 9.85. The second kappa shape index (κ2) is 15.0. The molecule has 8 nitrogen and oxygen atoms in total. The van der Waals surface area contributed by atoms with Gasteiger partial charge in [-0.05, 0) is 91.8 Å². The van der Waals surface area contributed by atoms with Crippen LogP contribution in [0.4, 0.5) is 0 Å². The third-order valence-corrected chi connectivity index (χ3v) is 9.11. The zero-order valence-electron chi connectivity index (χ0n) is 30.8. The normalized spacial score (nSPS) is 15.3. The summed E-state index contributed by atoms with van der Waals surface area (Å²) in [4.78, 5) is 13.8. The summed E-state index contributed by atoms with van der Waals surface area (Å²) in [7, 11) is 6.33. The van der Waals surface area contributed by atoms with Crippen LogP contribution in [-0.4, -0.2) is 34.2 Å². The van der Waals surface area contributed by atoms with Crippen LogP contribution in [0.3, 0.4) is 0 Å². The van der Waals surface area contributed by atoms with Gasteiger partial charge in [-0.15, -0.1) is 0 Å². The Labute approximate surface area is 314 Å². The van der Waals surface area contributed by atoms with Gasteiger partial charge in [-0.2, -0.15) is 0 Å². The Morgan fingerprint density at radius 3 is 1.63 bits per heavy atom. The van der Waals surface area contributed by atoms with Crippen molar-refractivity contribution in [3.8, 4) is 45.6 Å². The first-order valence-corrected chi connectivity index (χ1v) is 17.2. The van der Waals surface area contributed by atoms with E-state index in [1.54, 1.807) is 64.9 Å². The molecule has 54 heavy (non-hydrogen) atoms. The molecule has 1 aromatic heterocycles. The van der Waals surface area contributed by atoms with E-state index in [2.05, 4.69) is 0 Å². The summed E-state index contributed by atoms with van der Waals surface area (Å²) in [5, 5.41) is 13.8. The van der Waals surface area contributed by atoms with Gasteiger partial charge in [-0.25, -0.2) is 4.42 Å². The van der Waals surface area contributed by atoms with Crippen molar-refractivity contribution in [2.24, 2.45) is 0 Å². The predicted molar refractivity (Wildman–Crippen MR) is 208 cm³/mol. The molecule has 0 N–H and O–H groups in total. The predicted octanol–water partition coefficient (Wildman–Crippen LogP) is 9.17. The number of rotatable bonds is 10. The topological polar surface area (TPSA) is 97.6 Å². The molecule has 5 aromatic rings. The van der Waals surface area contributed by atoms with E-state index in [0.717, 1.165) is 22.3 Å². The summed E-state index contributed by atoms with van der Waals surface area (Å²) in [6, 6.07) is 30.4. The van der Waals surface area contributed by atoms with Gasteiger partial charge < -0.3 is 28.8 Å². The molecule has 0 amide bonds. The minimum Gasteiger partial charge on any atom is -0.871 e. The SMILES string of the molecule is COc1cc(OC)cc(C2=CC(=CC3=C([O-])C(=Cc4cc(-c5cccc(C)c5)[o+]c(-c5cc(OC)cc(OC)c5)c4)C3=O)C=C(c3cccc(C)c3)O2)c1. The molecule has 8 heteroatoms. The van der Waals surface area contributed by atoms with E-state index in [4.69, 9.17) is 28.1 Å². The number of ketones is 1. The van der Waals surface area contributed by atoms with Gasteiger partial charge in [0.25, 0.3) is 0 Å². The third kappa shape index (κ3) is 7.41. The molecule has 0 radical (unpaired) electrons. The summed E-state index contributed by atoms with van der Waals surface area (Å²) in [5.74, 6) is 3.80. The van der Waals surface area contributed by atoms with Gasteiger partial charge in [-0.3, -0.25) is 4.79 Å². The van der Waals surface area contributed by atoms with Crippen molar-refractivity contribution in [1.82, 2.24) is 0 Å². The van der Waals surface area contributed by atoms with E-state index < -0.39 is 0 Å². The lowest BCUT2D eigenvalue weighted by Crippen LogP contribution is -2.29. The second-order valence-corrected chi connectivity index (χ2v) is 13.0. The summed E-state index contributed by atoms with van der Waals surface area (Å²) < 4.78 is 34.9. The van der Waals surface area contributed by atoms with Crippen LogP contribution in [0.15, 0.2) is 142 Å². The highest BCUT2D eigenvalue weighted by atomic mass is 16.5. The zero-order chi connectivity index (χ0) is 37.9. The van der Waals surface area contributed by atoms with E-state index in [1.807, 2.05) is 98.8 Å². The second-order valence-electron chi connectivity index (χ2n) is 13.0. The Hall–Kier alpha value is -6.80. The van der Waals surface area contributed by atoms with Crippen LogP contribution in [0.5, 0.6) is 23.0 Å². The van der Waals surface area contributed by atoms with E-state index in [1.165, 1.54) is 0 Å². The van der Waals surface area contributed by atoms with E-state index in [9.17, 15) is 9.90 Å². The van der Waals surface area contributed by atoms with Gasteiger partial charge in [0.05, 0.1) is 51.7 Å². The number of carbonyl (C=O) groups is 1. The fraction of sp³-hybridized carbons (Fsp3) is 0.130. The number of methoxy groups -OCH3 is 4. The Bertz CT molecular complexity index is 2420. The van der Waals surface area contributed by atoms with Crippen LogP contribution in [0, 0.1) is 13.8 Å².